The lowest BCUT2D eigenvalue weighted by atomic mass is 10.1. The molecule has 0 spiro atoms. The van der Waals surface area contributed by atoms with Crippen LogP contribution in [-0.4, -0.2) is 35.7 Å². The van der Waals surface area contributed by atoms with Crippen molar-refractivity contribution < 1.29 is 19.7 Å². The van der Waals surface area contributed by atoms with Crippen LogP contribution in [0.2, 0.25) is 0 Å². The number of aromatic hydroxyl groups is 2. The van der Waals surface area contributed by atoms with Crippen LogP contribution in [0.4, 0.5) is 0 Å². The number of benzene rings is 2. The van der Waals surface area contributed by atoms with Crippen molar-refractivity contribution in [3.63, 3.8) is 0 Å². The van der Waals surface area contributed by atoms with E-state index in [0.29, 0.717) is 5.56 Å². The summed E-state index contributed by atoms with van der Waals surface area (Å²) in [5.74, 6) is -0.433. The number of esters is 1. The first-order valence-electron chi connectivity index (χ1n) is 6.37. The van der Waals surface area contributed by atoms with Gasteiger partial charge in [0.05, 0.1) is 25.1 Å². The first-order chi connectivity index (χ1) is 10.6. The van der Waals surface area contributed by atoms with E-state index in [2.05, 4.69) is 14.9 Å². The molecule has 22 heavy (non-hydrogen) atoms. The molecule has 0 aliphatic carbocycles. The number of carbonyl (C=O) groups is 1. The Morgan fingerprint density at radius 3 is 2.32 bits per heavy atom. The summed E-state index contributed by atoms with van der Waals surface area (Å²) in [6.45, 7) is 0. The molecule has 0 unspecified atom stereocenters. The Labute approximate surface area is 127 Å². The third kappa shape index (κ3) is 3.92. The summed E-state index contributed by atoms with van der Waals surface area (Å²) in [7, 11) is 1.26. The third-order valence-corrected chi connectivity index (χ3v) is 2.81. The maximum absolute atomic E-state index is 11.6. The number of carbonyl (C=O) groups excluding carboxylic acids is 1. The van der Waals surface area contributed by atoms with Gasteiger partial charge in [0.25, 0.3) is 0 Å². The topological polar surface area (TPSA) is 91.5 Å². The second-order valence-corrected chi connectivity index (χ2v) is 4.34. The molecule has 0 atom stereocenters. The molecule has 2 N–H and O–H groups in total. The summed E-state index contributed by atoms with van der Waals surface area (Å²) in [5.41, 5.74) is 1.45. The lowest BCUT2D eigenvalue weighted by Crippen LogP contribution is -2.05. The van der Waals surface area contributed by atoms with Crippen molar-refractivity contribution in [2.75, 3.05) is 7.11 Å². The van der Waals surface area contributed by atoms with Crippen LogP contribution in [0, 0.1) is 0 Å². The van der Waals surface area contributed by atoms with E-state index < -0.39 is 5.97 Å². The van der Waals surface area contributed by atoms with Gasteiger partial charge in [-0.05, 0) is 48.0 Å². The standard InChI is InChI=1S/C16H14N2O4/c1-22-16(21)15-8-14(20)7-4-12(15)10-18-17-9-11-2-5-13(19)6-3-11/h2-10,19-20H,1H3. The third-order valence-electron chi connectivity index (χ3n) is 2.81. The van der Waals surface area contributed by atoms with Gasteiger partial charge in [-0.25, -0.2) is 4.79 Å². The molecule has 0 aromatic heterocycles. The number of nitrogens with zero attached hydrogens (tertiary/aromatic N) is 2. The fourth-order valence-electron chi connectivity index (χ4n) is 1.70. The van der Waals surface area contributed by atoms with E-state index in [1.165, 1.54) is 31.7 Å². The molecule has 0 aliphatic rings. The predicted octanol–water partition coefficient (Wildman–Crippen LogP) is 2.34. The van der Waals surface area contributed by atoms with E-state index in [1.807, 2.05) is 0 Å². The SMILES string of the molecule is COC(=O)c1cc(O)ccc1C=NN=Cc1ccc(O)cc1. The molecule has 0 saturated heterocycles. The van der Waals surface area contributed by atoms with E-state index in [4.69, 9.17) is 5.11 Å². The van der Waals surface area contributed by atoms with Gasteiger partial charge in [-0.15, -0.1) is 0 Å². The summed E-state index contributed by atoms with van der Waals surface area (Å²) in [4.78, 5) is 11.6. The van der Waals surface area contributed by atoms with Crippen molar-refractivity contribution in [1.29, 1.82) is 0 Å². The quantitative estimate of drug-likeness (QED) is 0.515. The maximum Gasteiger partial charge on any atom is 0.338 e. The number of phenolic OH excluding ortho intramolecular Hbond substituents is 2. The summed E-state index contributed by atoms with van der Waals surface area (Å²) < 4.78 is 4.64. The van der Waals surface area contributed by atoms with E-state index >= 15 is 0 Å². The van der Waals surface area contributed by atoms with Gasteiger partial charge in [0.15, 0.2) is 0 Å². The number of hydrogen-bond donors (Lipinski definition) is 2. The highest BCUT2D eigenvalue weighted by Crippen LogP contribution is 2.16. The van der Waals surface area contributed by atoms with Crippen molar-refractivity contribution >= 4 is 18.4 Å². The second-order valence-electron chi connectivity index (χ2n) is 4.34. The van der Waals surface area contributed by atoms with Gasteiger partial charge in [-0.1, -0.05) is 0 Å². The maximum atomic E-state index is 11.6. The van der Waals surface area contributed by atoms with Gasteiger partial charge >= 0.3 is 5.97 Å². The number of rotatable bonds is 4. The molecular weight excluding hydrogens is 284 g/mol. The van der Waals surface area contributed by atoms with Crippen molar-refractivity contribution in [3.8, 4) is 11.5 Å². The molecule has 6 nitrogen and oxygen atoms in total. The Bertz CT molecular complexity index is 721. The normalized spacial score (nSPS) is 11.1. The van der Waals surface area contributed by atoms with Crippen LogP contribution in [0.5, 0.6) is 11.5 Å². The highest BCUT2D eigenvalue weighted by Gasteiger charge is 2.11. The highest BCUT2D eigenvalue weighted by atomic mass is 16.5. The number of hydrogen-bond acceptors (Lipinski definition) is 6. The van der Waals surface area contributed by atoms with Crippen LogP contribution < -0.4 is 0 Å². The average molecular weight is 298 g/mol. The Balaban J connectivity index is 2.16. The van der Waals surface area contributed by atoms with Crippen LogP contribution in [0.3, 0.4) is 0 Å². The minimum absolute atomic E-state index is 0.0369. The molecule has 0 bridgehead atoms. The van der Waals surface area contributed by atoms with Crippen molar-refractivity contribution in [1.82, 2.24) is 0 Å². The summed E-state index contributed by atoms with van der Waals surface area (Å²) in [5, 5.41) is 26.3. The van der Waals surface area contributed by atoms with Gasteiger partial charge in [0.2, 0.25) is 0 Å². The van der Waals surface area contributed by atoms with Gasteiger partial charge in [0.1, 0.15) is 11.5 Å². The fourth-order valence-corrected chi connectivity index (χ4v) is 1.70. The van der Waals surface area contributed by atoms with Crippen molar-refractivity contribution in [2.24, 2.45) is 10.2 Å². The van der Waals surface area contributed by atoms with Gasteiger partial charge in [-0.3, -0.25) is 0 Å². The Morgan fingerprint density at radius 1 is 1.00 bits per heavy atom. The molecule has 112 valence electrons. The molecule has 2 rings (SSSR count). The lowest BCUT2D eigenvalue weighted by molar-refractivity contribution is 0.0600. The molecule has 0 heterocycles. The minimum Gasteiger partial charge on any atom is -0.508 e. The number of ether oxygens (including phenoxy) is 1. The van der Waals surface area contributed by atoms with Crippen LogP contribution >= 0.6 is 0 Å². The van der Waals surface area contributed by atoms with Gasteiger partial charge < -0.3 is 14.9 Å². The average Bonchev–Trinajstić information content (AvgIpc) is 2.53. The number of methoxy groups -OCH3 is 1. The number of phenols is 2. The van der Waals surface area contributed by atoms with Crippen LogP contribution in [0.25, 0.3) is 0 Å². The first kappa shape index (κ1) is 15.2. The molecule has 0 radical (unpaired) electrons. The predicted molar refractivity (Wildman–Crippen MR) is 82.7 cm³/mol. The zero-order valence-electron chi connectivity index (χ0n) is 11.8. The van der Waals surface area contributed by atoms with Crippen LogP contribution in [-0.2, 0) is 4.74 Å². The van der Waals surface area contributed by atoms with Crippen molar-refractivity contribution in [2.45, 2.75) is 0 Å². The van der Waals surface area contributed by atoms with E-state index in [0.717, 1.165) is 5.56 Å². The second kappa shape index (κ2) is 7.03. The van der Waals surface area contributed by atoms with Crippen LogP contribution in [0.1, 0.15) is 21.5 Å². The van der Waals surface area contributed by atoms with E-state index in [9.17, 15) is 9.90 Å². The molecule has 2 aromatic rings. The largest absolute Gasteiger partial charge is 0.508 e. The van der Waals surface area contributed by atoms with Gasteiger partial charge in [-0.2, -0.15) is 10.2 Å². The van der Waals surface area contributed by atoms with Gasteiger partial charge in [0, 0.05) is 5.56 Å². The van der Waals surface area contributed by atoms with E-state index in [1.54, 1.807) is 30.3 Å². The Kier molecular flexibility index (Phi) is 4.87. The molecule has 6 heteroatoms. The molecule has 0 saturated carbocycles. The molecule has 0 fully saturated rings. The van der Waals surface area contributed by atoms with Crippen molar-refractivity contribution in [3.05, 3.63) is 59.2 Å². The minimum atomic E-state index is -0.570. The zero-order chi connectivity index (χ0) is 15.9. The van der Waals surface area contributed by atoms with Crippen LogP contribution in [0.15, 0.2) is 52.7 Å². The smallest absolute Gasteiger partial charge is 0.338 e. The highest BCUT2D eigenvalue weighted by molar-refractivity contribution is 5.99. The lowest BCUT2D eigenvalue weighted by Gasteiger charge is -2.03. The summed E-state index contributed by atoms with van der Waals surface area (Å²) in [6.07, 6.45) is 2.90. The van der Waals surface area contributed by atoms with E-state index in [-0.39, 0.29) is 17.1 Å². The molecular formula is C16H14N2O4. The molecule has 2 aromatic carbocycles. The summed E-state index contributed by atoms with van der Waals surface area (Å²) in [6, 6.07) is 10.7. The Hall–Kier alpha value is -3.15. The molecule has 0 amide bonds. The fraction of sp³-hybridized carbons (Fsp3) is 0.0625. The molecule has 0 aliphatic heterocycles. The first-order valence-corrected chi connectivity index (χ1v) is 6.37. The summed E-state index contributed by atoms with van der Waals surface area (Å²) >= 11 is 0. The monoisotopic (exact) mass is 298 g/mol. The Morgan fingerprint density at radius 2 is 1.64 bits per heavy atom. The zero-order valence-corrected chi connectivity index (χ0v) is 11.8.